The van der Waals surface area contributed by atoms with Crippen molar-refractivity contribution in [3.05, 3.63) is 34.9 Å². The van der Waals surface area contributed by atoms with Crippen LogP contribution in [0, 0.1) is 0 Å². The molecule has 3 N–H and O–H groups in total. The van der Waals surface area contributed by atoms with Crippen molar-refractivity contribution in [3.63, 3.8) is 0 Å². The molecule has 1 amide bonds. The zero-order valence-electron chi connectivity index (χ0n) is 16.3. The number of likely N-dealkylation sites (tertiary alicyclic amines) is 1. The number of H-pyrrole nitrogens is 1. The standard InChI is InChI=1S/C19H21F5N4O3/c20-17(21)31-12-3-1-11(2-4-12)28-7-5-10(6-8-28)15-14-16(27-26-15)25-13(29)9-18(14,30)19(22,23)24/h1,3,10,17,30H,2,4-9H2,(H2,25,26,27,29). The third-order valence-corrected chi connectivity index (χ3v) is 5.99. The summed E-state index contributed by atoms with van der Waals surface area (Å²) in [5.41, 5.74) is -2.57. The molecule has 0 spiro atoms. The first-order chi connectivity index (χ1) is 14.6. The molecule has 31 heavy (non-hydrogen) atoms. The summed E-state index contributed by atoms with van der Waals surface area (Å²) in [6.07, 6.45) is -1.04. The van der Waals surface area contributed by atoms with Gasteiger partial charge in [-0.3, -0.25) is 9.89 Å². The molecular weight excluding hydrogens is 427 g/mol. The topological polar surface area (TPSA) is 90.5 Å². The Morgan fingerprint density at radius 3 is 2.52 bits per heavy atom. The molecule has 1 fully saturated rings. The molecule has 0 saturated carbocycles. The number of hydrogen-bond acceptors (Lipinski definition) is 5. The van der Waals surface area contributed by atoms with E-state index in [1.165, 1.54) is 6.08 Å². The first-order valence-electron chi connectivity index (χ1n) is 9.85. The number of alkyl halides is 5. The molecule has 0 radical (unpaired) electrons. The number of aromatic nitrogens is 2. The van der Waals surface area contributed by atoms with E-state index in [2.05, 4.69) is 25.2 Å². The molecule has 3 aliphatic rings. The number of aliphatic hydroxyl groups is 1. The van der Waals surface area contributed by atoms with Gasteiger partial charge in [0.15, 0.2) is 11.4 Å². The Labute approximate surface area is 173 Å². The van der Waals surface area contributed by atoms with Gasteiger partial charge < -0.3 is 20.1 Å². The van der Waals surface area contributed by atoms with Crippen molar-refractivity contribution in [1.82, 2.24) is 15.1 Å². The number of amides is 1. The van der Waals surface area contributed by atoms with Crippen LogP contribution in [0.15, 0.2) is 23.6 Å². The van der Waals surface area contributed by atoms with E-state index in [0.29, 0.717) is 38.8 Å². The second kappa shape index (κ2) is 7.81. The second-order valence-electron chi connectivity index (χ2n) is 7.87. The normalized spacial score (nSPS) is 25.1. The number of allylic oxidation sites excluding steroid dienone is 4. The van der Waals surface area contributed by atoms with E-state index < -0.39 is 36.3 Å². The lowest BCUT2D eigenvalue weighted by atomic mass is 9.81. The monoisotopic (exact) mass is 448 g/mol. The summed E-state index contributed by atoms with van der Waals surface area (Å²) in [4.78, 5) is 13.7. The Hall–Kier alpha value is -2.63. The highest BCUT2D eigenvalue weighted by molar-refractivity contribution is 5.94. The summed E-state index contributed by atoms with van der Waals surface area (Å²) < 4.78 is 70.0. The summed E-state index contributed by atoms with van der Waals surface area (Å²) in [7, 11) is 0. The summed E-state index contributed by atoms with van der Waals surface area (Å²) in [5, 5.41) is 19.1. The minimum Gasteiger partial charge on any atom is -0.439 e. The van der Waals surface area contributed by atoms with Crippen molar-refractivity contribution in [2.45, 2.75) is 56.4 Å². The number of hydrogen-bond donors (Lipinski definition) is 3. The first-order valence-corrected chi connectivity index (χ1v) is 9.85. The number of anilines is 1. The molecule has 1 aromatic rings. The number of piperidine rings is 1. The lowest BCUT2D eigenvalue weighted by Crippen LogP contribution is -2.48. The minimum atomic E-state index is -5.03. The average molecular weight is 448 g/mol. The van der Waals surface area contributed by atoms with Gasteiger partial charge >= 0.3 is 12.8 Å². The Morgan fingerprint density at radius 2 is 1.94 bits per heavy atom. The van der Waals surface area contributed by atoms with Crippen LogP contribution in [0.2, 0.25) is 0 Å². The molecule has 4 rings (SSSR count). The van der Waals surface area contributed by atoms with Gasteiger partial charge in [-0.05, 0) is 31.4 Å². The Morgan fingerprint density at radius 1 is 1.23 bits per heavy atom. The molecule has 1 atom stereocenters. The number of nitrogens with zero attached hydrogens (tertiary/aromatic N) is 2. The lowest BCUT2D eigenvalue weighted by molar-refractivity contribution is -0.267. The van der Waals surface area contributed by atoms with Crippen molar-refractivity contribution in [2.24, 2.45) is 0 Å². The zero-order chi connectivity index (χ0) is 22.4. The van der Waals surface area contributed by atoms with Gasteiger partial charge in [0.2, 0.25) is 5.91 Å². The molecule has 1 unspecified atom stereocenters. The van der Waals surface area contributed by atoms with Crippen LogP contribution in [0.25, 0.3) is 0 Å². The molecule has 1 aromatic heterocycles. The van der Waals surface area contributed by atoms with E-state index in [4.69, 9.17) is 0 Å². The van der Waals surface area contributed by atoms with Crippen LogP contribution in [-0.2, 0) is 15.1 Å². The average Bonchev–Trinajstić information content (AvgIpc) is 3.12. The highest BCUT2D eigenvalue weighted by atomic mass is 19.4. The van der Waals surface area contributed by atoms with Crippen molar-refractivity contribution in [3.8, 4) is 0 Å². The Bertz CT molecular complexity index is 918. The van der Waals surface area contributed by atoms with E-state index in [0.717, 1.165) is 5.70 Å². The summed E-state index contributed by atoms with van der Waals surface area (Å²) in [6.45, 7) is -1.78. The Balaban J connectivity index is 1.49. The maximum atomic E-state index is 13.7. The number of carbonyl (C=O) groups excluding carboxylic acids is 1. The highest BCUT2D eigenvalue weighted by Crippen LogP contribution is 2.49. The van der Waals surface area contributed by atoms with Gasteiger partial charge in [0, 0.05) is 36.8 Å². The lowest BCUT2D eigenvalue weighted by Gasteiger charge is -2.38. The van der Waals surface area contributed by atoms with E-state index >= 15 is 0 Å². The molecule has 1 saturated heterocycles. The van der Waals surface area contributed by atoms with Crippen LogP contribution in [0.5, 0.6) is 0 Å². The first kappa shape index (κ1) is 21.6. The number of nitrogens with one attached hydrogen (secondary N) is 2. The third-order valence-electron chi connectivity index (χ3n) is 5.99. The van der Waals surface area contributed by atoms with Gasteiger partial charge in [0.1, 0.15) is 5.76 Å². The van der Waals surface area contributed by atoms with Crippen molar-refractivity contribution >= 4 is 11.7 Å². The van der Waals surface area contributed by atoms with Crippen LogP contribution < -0.4 is 5.32 Å². The number of fused-ring (bicyclic) bond motifs is 1. The summed E-state index contributed by atoms with van der Waals surface area (Å²) in [6, 6.07) is 0. The van der Waals surface area contributed by atoms with E-state index in [1.807, 2.05) is 0 Å². The van der Waals surface area contributed by atoms with E-state index in [1.54, 1.807) is 6.08 Å². The maximum absolute atomic E-state index is 13.7. The minimum absolute atomic E-state index is 0.180. The predicted octanol–water partition coefficient (Wildman–Crippen LogP) is 3.48. The number of aromatic amines is 1. The van der Waals surface area contributed by atoms with Crippen molar-refractivity contribution in [1.29, 1.82) is 0 Å². The molecule has 12 heteroatoms. The summed E-state index contributed by atoms with van der Waals surface area (Å²) in [5.74, 6) is -1.34. The molecular formula is C19H21F5N4O3. The fourth-order valence-corrected chi connectivity index (χ4v) is 4.44. The zero-order valence-corrected chi connectivity index (χ0v) is 16.3. The fraction of sp³-hybridized carbons (Fsp3) is 0.579. The van der Waals surface area contributed by atoms with Crippen LogP contribution in [0.3, 0.4) is 0 Å². The smallest absolute Gasteiger partial charge is 0.422 e. The van der Waals surface area contributed by atoms with Crippen LogP contribution in [-0.4, -0.2) is 52.0 Å². The second-order valence-corrected chi connectivity index (χ2v) is 7.87. The molecule has 0 aromatic carbocycles. The highest BCUT2D eigenvalue weighted by Gasteiger charge is 2.61. The number of carbonyl (C=O) groups is 1. The quantitative estimate of drug-likeness (QED) is 0.614. The Kier molecular flexibility index (Phi) is 5.44. The molecule has 1 aliphatic carbocycles. The van der Waals surface area contributed by atoms with Crippen molar-refractivity contribution in [2.75, 3.05) is 18.4 Å². The largest absolute Gasteiger partial charge is 0.439 e. The van der Waals surface area contributed by atoms with Gasteiger partial charge in [-0.2, -0.15) is 27.1 Å². The van der Waals surface area contributed by atoms with Gasteiger partial charge in [0.05, 0.1) is 12.0 Å². The van der Waals surface area contributed by atoms with Gasteiger partial charge in [-0.25, -0.2) is 0 Å². The molecule has 170 valence electrons. The van der Waals surface area contributed by atoms with Gasteiger partial charge in [-0.1, -0.05) is 0 Å². The van der Waals surface area contributed by atoms with Crippen LogP contribution >= 0.6 is 0 Å². The predicted molar refractivity (Wildman–Crippen MR) is 97.8 cm³/mol. The van der Waals surface area contributed by atoms with E-state index in [9.17, 15) is 31.9 Å². The van der Waals surface area contributed by atoms with Crippen LogP contribution in [0.1, 0.15) is 49.3 Å². The molecule has 2 aliphatic heterocycles. The van der Waals surface area contributed by atoms with E-state index in [-0.39, 0.29) is 23.2 Å². The SMILES string of the molecule is O=C1CC(O)(C(F)(F)F)c2c(n[nH]c2C2CCN(C3=CC=C(OC(F)F)CC3)CC2)N1. The number of halogens is 5. The third kappa shape index (κ3) is 4.00. The molecule has 7 nitrogen and oxygen atoms in total. The number of rotatable bonds is 4. The number of ether oxygens (including phenoxy) is 1. The molecule has 0 bridgehead atoms. The summed E-state index contributed by atoms with van der Waals surface area (Å²) >= 11 is 0. The maximum Gasteiger partial charge on any atom is 0.422 e. The van der Waals surface area contributed by atoms with Crippen LogP contribution in [0.4, 0.5) is 27.8 Å². The van der Waals surface area contributed by atoms with Gasteiger partial charge in [0.25, 0.3) is 0 Å². The molecule has 3 heterocycles. The van der Waals surface area contributed by atoms with Crippen molar-refractivity contribution < 1.29 is 36.6 Å². The van der Waals surface area contributed by atoms with Gasteiger partial charge in [-0.15, -0.1) is 0 Å². The fourth-order valence-electron chi connectivity index (χ4n) is 4.44.